The lowest BCUT2D eigenvalue weighted by Crippen LogP contribution is -2.53. The van der Waals surface area contributed by atoms with Crippen molar-refractivity contribution in [3.8, 4) is 0 Å². The Kier molecular flexibility index (Phi) is 8.19. The summed E-state index contributed by atoms with van der Waals surface area (Å²) in [5.74, 6) is -1.05. The van der Waals surface area contributed by atoms with Crippen molar-refractivity contribution < 1.29 is 43.5 Å². The van der Waals surface area contributed by atoms with Crippen LogP contribution in [-0.4, -0.2) is 82.0 Å². The Morgan fingerprint density at radius 2 is 1.83 bits per heavy atom. The Bertz CT molecular complexity index is 626. The molecular weight excluding hydrogens is 386 g/mol. The fourth-order valence-corrected chi connectivity index (χ4v) is 2.47. The monoisotopic (exact) mass is 417 g/mol. The van der Waals surface area contributed by atoms with E-state index in [1.54, 1.807) is 40.7 Å². The number of aliphatic hydroxyl groups excluding tert-OH is 1. The molecule has 0 radical (unpaired) electrons. The molecule has 10 heteroatoms. The minimum atomic E-state index is -1.70. The molecule has 1 fully saturated rings. The number of carbonyl (C=O) groups excluding carboxylic acids is 2. The highest BCUT2D eigenvalue weighted by atomic mass is 16.6. The van der Waals surface area contributed by atoms with E-state index in [0.29, 0.717) is 0 Å². The van der Waals surface area contributed by atoms with Crippen molar-refractivity contribution in [3.63, 3.8) is 0 Å². The van der Waals surface area contributed by atoms with Crippen LogP contribution >= 0.6 is 0 Å². The average molecular weight is 417 g/mol. The Labute approximate surface area is 170 Å². The molecule has 1 saturated heterocycles. The van der Waals surface area contributed by atoms with Crippen LogP contribution in [0.3, 0.4) is 0 Å². The molecule has 166 valence electrons. The molecule has 0 unspecified atom stereocenters. The van der Waals surface area contributed by atoms with E-state index >= 15 is 0 Å². The largest absolute Gasteiger partial charge is 0.464 e. The quantitative estimate of drug-likeness (QED) is 0.520. The second kappa shape index (κ2) is 9.55. The molecule has 10 nitrogen and oxygen atoms in total. The number of amides is 2. The predicted molar refractivity (Wildman–Crippen MR) is 101 cm³/mol. The first kappa shape index (κ1) is 24.9. The number of imide groups is 1. The van der Waals surface area contributed by atoms with Crippen LogP contribution in [0.5, 0.6) is 0 Å². The number of ether oxygens (including phenoxy) is 4. The van der Waals surface area contributed by atoms with Gasteiger partial charge in [0.15, 0.2) is 6.04 Å². The number of rotatable bonds is 4. The van der Waals surface area contributed by atoms with Gasteiger partial charge in [0.25, 0.3) is 0 Å². The van der Waals surface area contributed by atoms with Gasteiger partial charge in [-0.2, -0.15) is 4.90 Å². The summed E-state index contributed by atoms with van der Waals surface area (Å²) in [6, 6.07) is -1.61. The third-order valence-electron chi connectivity index (χ3n) is 4.05. The standard InChI is InChI=1S/C19H31NO9/c1-8-19(6,7)28-13-10-26-9-12(15(22)27-11(2)14(13)21)20(16(23)24)17(25)29-18(3,4)5/h8,11-14,21H,1,9-10H2,2-7H3,(H,23,24)/t11-,12-,13-,14-/m0/s1. The SMILES string of the molecule is C=CC(C)(C)O[C@H]1COC[C@H](N(C(=O)O)C(=O)OC(C)(C)C)C(=O)O[C@@H](C)[C@@H]1O. The van der Waals surface area contributed by atoms with E-state index in [-0.39, 0.29) is 11.5 Å². The summed E-state index contributed by atoms with van der Waals surface area (Å²) in [6.45, 7) is 12.6. The zero-order valence-corrected chi connectivity index (χ0v) is 17.7. The minimum absolute atomic E-state index is 0.169. The van der Waals surface area contributed by atoms with Crippen molar-refractivity contribution in [2.75, 3.05) is 13.2 Å². The van der Waals surface area contributed by atoms with E-state index in [2.05, 4.69) is 6.58 Å². The molecule has 0 spiro atoms. The van der Waals surface area contributed by atoms with E-state index in [0.717, 1.165) is 0 Å². The number of hydrogen-bond acceptors (Lipinski definition) is 8. The molecule has 0 aromatic heterocycles. The van der Waals surface area contributed by atoms with E-state index in [4.69, 9.17) is 18.9 Å². The van der Waals surface area contributed by atoms with Crippen LogP contribution in [0, 0.1) is 0 Å². The number of aliphatic hydroxyl groups is 1. The number of hydrogen-bond donors (Lipinski definition) is 2. The first-order chi connectivity index (χ1) is 13.2. The van der Waals surface area contributed by atoms with Crippen molar-refractivity contribution in [1.29, 1.82) is 0 Å². The highest BCUT2D eigenvalue weighted by Crippen LogP contribution is 2.21. The minimum Gasteiger partial charge on any atom is -0.464 e. The molecule has 2 amide bonds. The summed E-state index contributed by atoms with van der Waals surface area (Å²) in [5, 5.41) is 20.0. The maximum absolute atomic E-state index is 12.6. The van der Waals surface area contributed by atoms with Gasteiger partial charge in [-0.05, 0) is 41.5 Å². The van der Waals surface area contributed by atoms with Crippen molar-refractivity contribution >= 4 is 18.2 Å². The molecule has 4 atom stereocenters. The van der Waals surface area contributed by atoms with Crippen LogP contribution in [0.2, 0.25) is 0 Å². The normalized spacial score (nSPS) is 26.4. The number of esters is 1. The summed E-state index contributed by atoms with van der Waals surface area (Å²) >= 11 is 0. The van der Waals surface area contributed by atoms with Gasteiger partial charge in [0.2, 0.25) is 0 Å². The van der Waals surface area contributed by atoms with Crippen LogP contribution < -0.4 is 0 Å². The molecule has 0 aromatic carbocycles. The van der Waals surface area contributed by atoms with Crippen LogP contribution in [-0.2, 0) is 23.7 Å². The fourth-order valence-electron chi connectivity index (χ4n) is 2.47. The van der Waals surface area contributed by atoms with Gasteiger partial charge in [-0.15, -0.1) is 6.58 Å². The smallest absolute Gasteiger partial charge is 0.420 e. The average Bonchev–Trinajstić information content (AvgIpc) is 2.60. The lowest BCUT2D eigenvalue weighted by molar-refractivity contribution is -0.169. The van der Waals surface area contributed by atoms with Gasteiger partial charge in [-0.25, -0.2) is 14.4 Å². The molecule has 0 aromatic rings. The molecule has 0 aliphatic carbocycles. The van der Waals surface area contributed by atoms with E-state index in [1.807, 2.05) is 0 Å². The van der Waals surface area contributed by atoms with E-state index < -0.39 is 60.3 Å². The van der Waals surface area contributed by atoms with Crippen LogP contribution in [0.4, 0.5) is 9.59 Å². The van der Waals surface area contributed by atoms with Gasteiger partial charge < -0.3 is 29.2 Å². The van der Waals surface area contributed by atoms with Crippen LogP contribution in [0.1, 0.15) is 41.5 Å². The number of carboxylic acid groups (broad SMARTS) is 1. The number of carbonyl (C=O) groups is 3. The molecule has 1 aliphatic heterocycles. The maximum Gasteiger partial charge on any atom is 0.420 e. The molecule has 1 rings (SSSR count). The Hall–Kier alpha value is -2.17. The van der Waals surface area contributed by atoms with Gasteiger partial charge in [-0.3, -0.25) is 0 Å². The molecule has 0 bridgehead atoms. The van der Waals surface area contributed by atoms with Crippen molar-refractivity contribution in [2.24, 2.45) is 0 Å². The van der Waals surface area contributed by atoms with Crippen molar-refractivity contribution in [1.82, 2.24) is 4.90 Å². The van der Waals surface area contributed by atoms with Crippen LogP contribution in [0.15, 0.2) is 12.7 Å². The third-order valence-corrected chi connectivity index (χ3v) is 4.05. The first-order valence-electron chi connectivity index (χ1n) is 9.21. The van der Waals surface area contributed by atoms with Crippen molar-refractivity contribution in [3.05, 3.63) is 12.7 Å². The maximum atomic E-state index is 12.6. The van der Waals surface area contributed by atoms with Gasteiger partial charge in [-0.1, -0.05) is 6.08 Å². The summed E-state index contributed by atoms with van der Waals surface area (Å²) < 4.78 is 21.5. The lowest BCUT2D eigenvalue weighted by Gasteiger charge is -2.32. The first-order valence-corrected chi connectivity index (χ1v) is 9.21. The molecular formula is C19H31NO9. The highest BCUT2D eigenvalue weighted by molar-refractivity contribution is 5.93. The Morgan fingerprint density at radius 3 is 2.31 bits per heavy atom. The third kappa shape index (κ3) is 7.30. The highest BCUT2D eigenvalue weighted by Gasteiger charge is 2.42. The van der Waals surface area contributed by atoms with Crippen LogP contribution in [0.25, 0.3) is 0 Å². The Morgan fingerprint density at radius 1 is 1.24 bits per heavy atom. The molecule has 1 heterocycles. The van der Waals surface area contributed by atoms with Gasteiger partial charge >= 0.3 is 18.2 Å². The molecule has 29 heavy (non-hydrogen) atoms. The lowest BCUT2D eigenvalue weighted by atomic mass is 10.1. The number of nitrogens with zero attached hydrogens (tertiary/aromatic N) is 1. The summed E-state index contributed by atoms with van der Waals surface area (Å²) in [5.41, 5.74) is -1.78. The molecule has 0 saturated carbocycles. The zero-order chi connectivity index (χ0) is 22.6. The van der Waals surface area contributed by atoms with Gasteiger partial charge in [0.05, 0.1) is 18.8 Å². The van der Waals surface area contributed by atoms with Gasteiger partial charge in [0.1, 0.15) is 23.9 Å². The van der Waals surface area contributed by atoms with Crippen molar-refractivity contribution in [2.45, 2.75) is 77.1 Å². The zero-order valence-electron chi connectivity index (χ0n) is 17.7. The Balaban J connectivity index is 3.10. The van der Waals surface area contributed by atoms with E-state index in [9.17, 15) is 24.6 Å². The summed E-state index contributed by atoms with van der Waals surface area (Å²) in [4.78, 5) is 36.8. The fraction of sp³-hybridized carbons (Fsp3) is 0.737. The summed E-state index contributed by atoms with van der Waals surface area (Å²) in [6.07, 6.45) is -4.57. The second-order valence-corrected chi connectivity index (χ2v) is 8.28. The predicted octanol–water partition coefficient (Wildman–Crippen LogP) is 1.94. The van der Waals surface area contributed by atoms with Gasteiger partial charge in [0, 0.05) is 0 Å². The summed E-state index contributed by atoms with van der Waals surface area (Å²) in [7, 11) is 0. The molecule has 1 aliphatic rings. The number of cyclic esters (lactones) is 1. The van der Waals surface area contributed by atoms with E-state index in [1.165, 1.54) is 6.92 Å². The second-order valence-electron chi connectivity index (χ2n) is 8.28. The topological polar surface area (TPSA) is 132 Å². The molecule has 2 N–H and O–H groups in total.